The standard InChI is InChI=1S/C16H20N2O2/c1-11(2)18-15(19)8-9-16-17-10-14(20-16)13-6-4-12(3)5-7-13/h4-7,10-11H,8-9H2,1-3H3,(H,18,19). The topological polar surface area (TPSA) is 55.1 Å². The van der Waals surface area contributed by atoms with Crippen molar-refractivity contribution < 1.29 is 9.21 Å². The number of hydrogen-bond acceptors (Lipinski definition) is 3. The van der Waals surface area contributed by atoms with E-state index in [9.17, 15) is 4.79 Å². The zero-order valence-electron chi connectivity index (χ0n) is 12.1. The summed E-state index contributed by atoms with van der Waals surface area (Å²) in [5, 5.41) is 2.85. The SMILES string of the molecule is Cc1ccc(-c2cnc(CCC(=O)NC(C)C)o2)cc1. The van der Waals surface area contributed by atoms with Crippen LogP contribution in [-0.4, -0.2) is 16.9 Å². The van der Waals surface area contributed by atoms with Crippen molar-refractivity contribution in [2.24, 2.45) is 0 Å². The number of carbonyl (C=O) groups excluding carboxylic acids is 1. The van der Waals surface area contributed by atoms with Gasteiger partial charge in [-0.3, -0.25) is 4.79 Å². The Labute approximate surface area is 119 Å². The zero-order chi connectivity index (χ0) is 14.5. The lowest BCUT2D eigenvalue weighted by Gasteiger charge is -2.06. The number of aromatic nitrogens is 1. The summed E-state index contributed by atoms with van der Waals surface area (Å²) in [6.07, 6.45) is 2.62. The maximum absolute atomic E-state index is 11.6. The molecule has 0 aliphatic rings. The lowest BCUT2D eigenvalue weighted by atomic mass is 10.1. The predicted molar refractivity (Wildman–Crippen MR) is 78.3 cm³/mol. The Kier molecular flexibility index (Phi) is 4.56. The summed E-state index contributed by atoms with van der Waals surface area (Å²) >= 11 is 0. The molecule has 0 unspecified atom stereocenters. The second-order valence-corrected chi connectivity index (χ2v) is 5.21. The van der Waals surface area contributed by atoms with E-state index in [0.717, 1.165) is 11.3 Å². The van der Waals surface area contributed by atoms with Gasteiger partial charge in [0, 0.05) is 24.4 Å². The zero-order valence-corrected chi connectivity index (χ0v) is 12.1. The summed E-state index contributed by atoms with van der Waals surface area (Å²) in [4.78, 5) is 15.8. The van der Waals surface area contributed by atoms with Crippen molar-refractivity contribution in [1.82, 2.24) is 10.3 Å². The van der Waals surface area contributed by atoms with Gasteiger partial charge in [-0.25, -0.2) is 4.98 Å². The molecule has 1 aromatic carbocycles. The van der Waals surface area contributed by atoms with E-state index in [-0.39, 0.29) is 11.9 Å². The van der Waals surface area contributed by atoms with Gasteiger partial charge in [-0.2, -0.15) is 0 Å². The Bertz CT molecular complexity index is 570. The average molecular weight is 272 g/mol. The molecule has 0 radical (unpaired) electrons. The minimum atomic E-state index is 0.0232. The molecule has 0 aliphatic carbocycles. The van der Waals surface area contributed by atoms with Crippen LogP contribution in [-0.2, 0) is 11.2 Å². The van der Waals surface area contributed by atoms with E-state index in [4.69, 9.17) is 4.42 Å². The van der Waals surface area contributed by atoms with Crippen LogP contribution in [0.5, 0.6) is 0 Å². The summed E-state index contributed by atoms with van der Waals surface area (Å²) in [6.45, 7) is 5.93. The molecule has 1 aromatic heterocycles. The van der Waals surface area contributed by atoms with Crippen molar-refractivity contribution in [1.29, 1.82) is 0 Å². The van der Waals surface area contributed by atoms with Gasteiger partial charge in [0.05, 0.1) is 6.20 Å². The van der Waals surface area contributed by atoms with E-state index in [1.807, 2.05) is 45.0 Å². The lowest BCUT2D eigenvalue weighted by molar-refractivity contribution is -0.121. The van der Waals surface area contributed by atoms with Crippen LogP contribution >= 0.6 is 0 Å². The fourth-order valence-electron chi connectivity index (χ4n) is 1.89. The first-order valence-corrected chi connectivity index (χ1v) is 6.85. The van der Waals surface area contributed by atoms with Crippen molar-refractivity contribution >= 4 is 5.91 Å². The quantitative estimate of drug-likeness (QED) is 0.910. The van der Waals surface area contributed by atoms with E-state index >= 15 is 0 Å². The first kappa shape index (κ1) is 14.3. The van der Waals surface area contributed by atoms with Crippen molar-refractivity contribution in [2.75, 3.05) is 0 Å². The third kappa shape index (κ3) is 3.95. The Morgan fingerprint density at radius 3 is 2.65 bits per heavy atom. The third-order valence-corrected chi connectivity index (χ3v) is 2.91. The van der Waals surface area contributed by atoms with Crippen LogP contribution in [0.4, 0.5) is 0 Å². The smallest absolute Gasteiger partial charge is 0.220 e. The van der Waals surface area contributed by atoms with Gasteiger partial charge >= 0.3 is 0 Å². The predicted octanol–water partition coefficient (Wildman–Crippen LogP) is 3.11. The summed E-state index contributed by atoms with van der Waals surface area (Å²) in [7, 11) is 0. The van der Waals surface area contributed by atoms with Gasteiger partial charge in [0.2, 0.25) is 5.91 Å². The second kappa shape index (κ2) is 6.37. The van der Waals surface area contributed by atoms with Crippen molar-refractivity contribution in [3.05, 3.63) is 41.9 Å². The Hall–Kier alpha value is -2.10. The molecule has 0 fully saturated rings. The molecule has 106 valence electrons. The fourth-order valence-corrected chi connectivity index (χ4v) is 1.89. The Morgan fingerprint density at radius 2 is 2.00 bits per heavy atom. The van der Waals surface area contributed by atoms with Gasteiger partial charge in [0.1, 0.15) is 0 Å². The van der Waals surface area contributed by atoms with Crippen LogP contribution in [0.2, 0.25) is 0 Å². The fraction of sp³-hybridized carbons (Fsp3) is 0.375. The van der Waals surface area contributed by atoms with Gasteiger partial charge in [0.25, 0.3) is 0 Å². The van der Waals surface area contributed by atoms with E-state index in [1.165, 1.54) is 5.56 Å². The highest BCUT2D eigenvalue weighted by molar-refractivity contribution is 5.76. The number of nitrogens with one attached hydrogen (secondary N) is 1. The van der Waals surface area contributed by atoms with E-state index in [1.54, 1.807) is 6.20 Å². The number of aryl methyl sites for hydroxylation is 2. The number of hydrogen-bond donors (Lipinski definition) is 1. The molecule has 4 nitrogen and oxygen atoms in total. The molecule has 2 aromatic rings. The minimum Gasteiger partial charge on any atom is -0.441 e. The highest BCUT2D eigenvalue weighted by Gasteiger charge is 2.09. The average Bonchev–Trinajstić information content (AvgIpc) is 2.85. The number of amides is 1. The maximum Gasteiger partial charge on any atom is 0.220 e. The molecule has 1 N–H and O–H groups in total. The first-order valence-electron chi connectivity index (χ1n) is 6.85. The molecule has 4 heteroatoms. The molecule has 0 atom stereocenters. The number of nitrogens with zero attached hydrogens (tertiary/aromatic N) is 1. The van der Waals surface area contributed by atoms with Crippen LogP contribution in [0.15, 0.2) is 34.9 Å². The third-order valence-electron chi connectivity index (χ3n) is 2.91. The van der Waals surface area contributed by atoms with Gasteiger partial charge in [-0.1, -0.05) is 29.8 Å². The van der Waals surface area contributed by atoms with Crippen molar-refractivity contribution in [3.63, 3.8) is 0 Å². The van der Waals surface area contributed by atoms with Crippen LogP contribution in [0.3, 0.4) is 0 Å². The Morgan fingerprint density at radius 1 is 1.30 bits per heavy atom. The maximum atomic E-state index is 11.6. The number of carbonyl (C=O) groups is 1. The highest BCUT2D eigenvalue weighted by atomic mass is 16.4. The number of rotatable bonds is 5. The van der Waals surface area contributed by atoms with Crippen LogP contribution in [0.25, 0.3) is 11.3 Å². The summed E-state index contributed by atoms with van der Waals surface area (Å²) in [5.74, 6) is 1.36. The molecule has 0 spiro atoms. The molecule has 0 bridgehead atoms. The van der Waals surface area contributed by atoms with Gasteiger partial charge in [0.15, 0.2) is 11.7 Å². The molecule has 1 heterocycles. The molecule has 0 saturated carbocycles. The molecule has 0 saturated heterocycles. The van der Waals surface area contributed by atoms with E-state index in [0.29, 0.717) is 18.7 Å². The molecule has 1 amide bonds. The number of oxazole rings is 1. The van der Waals surface area contributed by atoms with E-state index in [2.05, 4.69) is 10.3 Å². The summed E-state index contributed by atoms with van der Waals surface area (Å²) < 4.78 is 5.67. The van der Waals surface area contributed by atoms with E-state index < -0.39 is 0 Å². The summed E-state index contributed by atoms with van der Waals surface area (Å²) in [5.41, 5.74) is 2.21. The van der Waals surface area contributed by atoms with Gasteiger partial charge < -0.3 is 9.73 Å². The van der Waals surface area contributed by atoms with Crippen molar-refractivity contribution in [2.45, 2.75) is 39.7 Å². The lowest BCUT2D eigenvalue weighted by Crippen LogP contribution is -2.30. The van der Waals surface area contributed by atoms with Gasteiger partial charge in [-0.05, 0) is 20.8 Å². The first-order chi connectivity index (χ1) is 9.54. The largest absolute Gasteiger partial charge is 0.441 e. The molecular formula is C16H20N2O2. The minimum absolute atomic E-state index is 0.0232. The van der Waals surface area contributed by atoms with Gasteiger partial charge in [-0.15, -0.1) is 0 Å². The van der Waals surface area contributed by atoms with Crippen LogP contribution in [0, 0.1) is 6.92 Å². The number of benzene rings is 1. The van der Waals surface area contributed by atoms with Crippen LogP contribution in [0.1, 0.15) is 31.7 Å². The Balaban J connectivity index is 1.95. The highest BCUT2D eigenvalue weighted by Crippen LogP contribution is 2.21. The molecule has 20 heavy (non-hydrogen) atoms. The van der Waals surface area contributed by atoms with Crippen LogP contribution < -0.4 is 5.32 Å². The molecular weight excluding hydrogens is 252 g/mol. The monoisotopic (exact) mass is 272 g/mol. The normalized spacial score (nSPS) is 10.8. The summed E-state index contributed by atoms with van der Waals surface area (Å²) in [6, 6.07) is 8.24. The molecule has 2 rings (SSSR count). The van der Waals surface area contributed by atoms with Crippen molar-refractivity contribution in [3.8, 4) is 11.3 Å². The second-order valence-electron chi connectivity index (χ2n) is 5.21. The molecule has 0 aliphatic heterocycles.